The van der Waals surface area contributed by atoms with E-state index in [1.54, 1.807) is 5.57 Å². The summed E-state index contributed by atoms with van der Waals surface area (Å²) in [5, 5.41) is 0.433. The molecule has 1 aromatic rings. The van der Waals surface area contributed by atoms with Gasteiger partial charge < -0.3 is 0 Å². The zero-order valence-electron chi connectivity index (χ0n) is 17.1. The highest BCUT2D eigenvalue weighted by Crippen LogP contribution is 2.49. The van der Waals surface area contributed by atoms with Crippen LogP contribution in [0.5, 0.6) is 0 Å². The highest BCUT2D eigenvalue weighted by Gasteiger charge is 2.46. The van der Waals surface area contributed by atoms with E-state index in [0.29, 0.717) is 10.6 Å². The molecular formula is C23H37NSi. The van der Waals surface area contributed by atoms with Crippen molar-refractivity contribution in [2.45, 2.75) is 89.5 Å². The van der Waals surface area contributed by atoms with Gasteiger partial charge in [-0.1, -0.05) is 81.9 Å². The fourth-order valence-corrected chi connectivity index (χ4v) is 6.31. The summed E-state index contributed by atoms with van der Waals surface area (Å²) in [5.41, 5.74) is 6.45. The Morgan fingerprint density at radius 2 is 1.72 bits per heavy atom. The maximum absolute atomic E-state index is 2.85. The van der Waals surface area contributed by atoms with E-state index in [9.17, 15) is 0 Å². The molecule has 0 amide bonds. The van der Waals surface area contributed by atoms with Gasteiger partial charge >= 0.3 is 0 Å². The molecule has 0 aromatic heterocycles. The van der Waals surface area contributed by atoms with Crippen LogP contribution < -0.4 is 0 Å². The van der Waals surface area contributed by atoms with Gasteiger partial charge in [0.05, 0.1) is 8.07 Å². The molecule has 25 heavy (non-hydrogen) atoms. The summed E-state index contributed by atoms with van der Waals surface area (Å²) in [7, 11) is -1.39. The lowest BCUT2D eigenvalue weighted by Crippen LogP contribution is -2.51. The quantitative estimate of drug-likeness (QED) is 0.554. The number of piperidine rings is 1. The molecular weight excluding hydrogens is 318 g/mol. The SMILES string of the molecule is CC(C)(C)[Si](C)(C)/C=C1\CCCC12CCCCN2Cc1ccccc1. The Labute approximate surface area is 156 Å². The van der Waals surface area contributed by atoms with E-state index >= 15 is 0 Å². The van der Waals surface area contributed by atoms with Gasteiger partial charge in [-0.3, -0.25) is 4.90 Å². The lowest BCUT2D eigenvalue weighted by molar-refractivity contribution is 0.0730. The van der Waals surface area contributed by atoms with Crippen molar-refractivity contribution < 1.29 is 0 Å². The fraction of sp³-hybridized carbons (Fsp3) is 0.652. The second-order valence-electron chi connectivity index (χ2n) is 9.89. The van der Waals surface area contributed by atoms with Crippen molar-refractivity contribution in [1.82, 2.24) is 4.90 Å². The van der Waals surface area contributed by atoms with Crippen LogP contribution in [-0.2, 0) is 6.54 Å². The van der Waals surface area contributed by atoms with Gasteiger partial charge in [0.2, 0.25) is 0 Å². The molecule has 1 spiro atoms. The third-order valence-electron chi connectivity index (χ3n) is 7.19. The van der Waals surface area contributed by atoms with Crippen molar-refractivity contribution in [2.75, 3.05) is 6.54 Å². The zero-order valence-corrected chi connectivity index (χ0v) is 18.1. The first-order valence-corrected chi connectivity index (χ1v) is 13.3. The van der Waals surface area contributed by atoms with Crippen LogP contribution in [-0.4, -0.2) is 25.1 Å². The number of benzene rings is 1. The maximum atomic E-state index is 2.85. The van der Waals surface area contributed by atoms with Crippen molar-refractivity contribution in [3.05, 3.63) is 47.2 Å². The molecule has 1 atom stereocenters. The number of hydrogen-bond acceptors (Lipinski definition) is 1. The highest BCUT2D eigenvalue weighted by molar-refractivity contribution is 6.84. The van der Waals surface area contributed by atoms with Gasteiger partial charge in [-0.2, -0.15) is 0 Å². The first-order valence-electron chi connectivity index (χ1n) is 10.3. The Bertz CT molecular complexity index is 611. The smallest absolute Gasteiger partial charge is 0.0770 e. The van der Waals surface area contributed by atoms with Crippen LogP contribution >= 0.6 is 0 Å². The van der Waals surface area contributed by atoms with E-state index in [1.165, 1.54) is 50.6 Å². The van der Waals surface area contributed by atoms with E-state index in [2.05, 4.69) is 74.8 Å². The molecule has 2 fully saturated rings. The van der Waals surface area contributed by atoms with E-state index in [0.717, 1.165) is 6.54 Å². The Morgan fingerprint density at radius 1 is 1.04 bits per heavy atom. The number of hydrogen-bond donors (Lipinski definition) is 0. The van der Waals surface area contributed by atoms with Crippen LogP contribution in [0.15, 0.2) is 41.6 Å². The summed E-state index contributed by atoms with van der Waals surface area (Å²) < 4.78 is 0. The second kappa shape index (κ2) is 7.04. The first kappa shape index (κ1) is 18.9. The number of nitrogens with zero attached hydrogens (tertiary/aromatic N) is 1. The molecule has 1 aliphatic heterocycles. The highest BCUT2D eigenvalue weighted by atomic mass is 28.3. The van der Waals surface area contributed by atoms with E-state index in [1.807, 2.05) is 0 Å². The molecule has 1 saturated carbocycles. The van der Waals surface area contributed by atoms with Gasteiger partial charge in [-0.05, 0) is 49.3 Å². The van der Waals surface area contributed by atoms with Crippen LogP contribution in [0.1, 0.15) is 64.9 Å². The molecule has 3 rings (SSSR count). The summed E-state index contributed by atoms with van der Waals surface area (Å²) in [6.07, 6.45) is 8.23. The summed E-state index contributed by atoms with van der Waals surface area (Å²) in [5.74, 6) is 0. The van der Waals surface area contributed by atoms with Crippen molar-refractivity contribution in [1.29, 1.82) is 0 Å². The van der Waals surface area contributed by atoms with Crippen LogP contribution in [0.2, 0.25) is 18.1 Å². The molecule has 0 bridgehead atoms. The standard InChI is InChI=1S/C23H37NSi/c1-22(2,3)25(4,5)19-21-14-11-16-23(21)15-9-10-17-24(23)18-20-12-7-6-8-13-20/h6-8,12-13,19H,9-11,14-18H2,1-5H3/b21-19+. The largest absolute Gasteiger partial charge is 0.290 e. The number of likely N-dealkylation sites (tertiary alicyclic amines) is 1. The molecule has 1 nitrogen and oxygen atoms in total. The van der Waals surface area contributed by atoms with E-state index in [-0.39, 0.29) is 0 Å². The molecule has 0 radical (unpaired) electrons. The summed E-state index contributed by atoms with van der Waals surface area (Å²) in [6.45, 7) is 14.9. The van der Waals surface area contributed by atoms with Crippen molar-refractivity contribution in [3.63, 3.8) is 0 Å². The molecule has 1 aliphatic carbocycles. The van der Waals surface area contributed by atoms with Crippen molar-refractivity contribution >= 4 is 8.07 Å². The van der Waals surface area contributed by atoms with Gasteiger partial charge in [-0.25, -0.2) is 0 Å². The minimum atomic E-state index is -1.39. The second-order valence-corrected chi connectivity index (χ2v) is 15.1. The Morgan fingerprint density at radius 3 is 2.40 bits per heavy atom. The third-order valence-corrected chi connectivity index (χ3v) is 12.1. The summed E-state index contributed by atoms with van der Waals surface area (Å²) in [4.78, 5) is 2.85. The zero-order chi connectivity index (χ0) is 18.1. The summed E-state index contributed by atoms with van der Waals surface area (Å²) >= 11 is 0. The van der Waals surface area contributed by atoms with Crippen LogP contribution in [0.25, 0.3) is 0 Å². The van der Waals surface area contributed by atoms with Gasteiger partial charge in [0, 0.05) is 12.1 Å². The van der Waals surface area contributed by atoms with Crippen molar-refractivity contribution in [3.8, 4) is 0 Å². The molecule has 2 aliphatic rings. The van der Waals surface area contributed by atoms with Crippen LogP contribution in [0.4, 0.5) is 0 Å². The average molecular weight is 356 g/mol. The molecule has 2 heteroatoms. The Hall–Kier alpha value is -0.863. The number of rotatable bonds is 3. The minimum Gasteiger partial charge on any atom is -0.290 e. The molecule has 1 aromatic carbocycles. The monoisotopic (exact) mass is 355 g/mol. The average Bonchev–Trinajstić information content (AvgIpc) is 2.92. The molecule has 1 unspecified atom stereocenters. The van der Waals surface area contributed by atoms with Gasteiger partial charge in [0.25, 0.3) is 0 Å². The van der Waals surface area contributed by atoms with Crippen LogP contribution in [0.3, 0.4) is 0 Å². The van der Waals surface area contributed by atoms with Gasteiger partial charge in [0.1, 0.15) is 0 Å². The predicted octanol–water partition coefficient (Wildman–Crippen LogP) is 6.57. The van der Waals surface area contributed by atoms with E-state index in [4.69, 9.17) is 0 Å². The first-order chi connectivity index (χ1) is 11.7. The molecule has 0 N–H and O–H groups in total. The molecule has 1 heterocycles. The van der Waals surface area contributed by atoms with Gasteiger partial charge in [-0.15, -0.1) is 0 Å². The molecule has 1 saturated heterocycles. The maximum Gasteiger partial charge on any atom is 0.0770 e. The lowest BCUT2D eigenvalue weighted by Gasteiger charge is -2.47. The third kappa shape index (κ3) is 3.80. The summed E-state index contributed by atoms with van der Waals surface area (Å²) in [6, 6.07) is 11.1. The van der Waals surface area contributed by atoms with E-state index < -0.39 is 8.07 Å². The predicted molar refractivity (Wildman–Crippen MR) is 113 cm³/mol. The minimum absolute atomic E-state index is 0.365. The topological polar surface area (TPSA) is 3.24 Å². The van der Waals surface area contributed by atoms with Crippen LogP contribution in [0, 0.1) is 0 Å². The normalized spacial score (nSPS) is 27.3. The Kier molecular flexibility index (Phi) is 5.32. The lowest BCUT2D eigenvalue weighted by atomic mass is 9.82. The molecule has 138 valence electrons. The van der Waals surface area contributed by atoms with Gasteiger partial charge in [0.15, 0.2) is 0 Å². The Balaban J connectivity index is 1.92. The van der Waals surface area contributed by atoms with Crippen molar-refractivity contribution in [2.24, 2.45) is 0 Å². The fourth-order valence-electron chi connectivity index (χ4n) is 4.60.